The highest BCUT2D eigenvalue weighted by molar-refractivity contribution is 5.76. The maximum Gasteiger partial charge on any atom is 0.407 e. The Balaban J connectivity index is 2.82. The van der Waals surface area contributed by atoms with Gasteiger partial charge in [-0.2, -0.15) is 0 Å². The fourth-order valence-electron chi connectivity index (χ4n) is 1.96. The fourth-order valence-corrected chi connectivity index (χ4v) is 1.96. The highest BCUT2D eigenvalue weighted by atomic mass is 16.4. The second-order valence-electron chi connectivity index (χ2n) is 3.81. The van der Waals surface area contributed by atoms with Crippen molar-refractivity contribution in [1.29, 1.82) is 0 Å². The first kappa shape index (κ1) is 11.8. The first-order chi connectivity index (χ1) is 6.94. The van der Waals surface area contributed by atoms with Crippen LogP contribution in [0.5, 0.6) is 0 Å². The van der Waals surface area contributed by atoms with Gasteiger partial charge in [0.15, 0.2) is 0 Å². The monoisotopic (exact) mass is 217 g/mol. The van der Waals surface area contributed by atoms with Gasteiger partial charge < -0.3 is 20.2 Å². The van der Waals surface area contributed by atoms with E-state index in [1.807, 2.05) is 0 Å². The van der Waals surface area contributed by atoms with E-state index in [0.717, 1.165) is 4.90 Å². The Labute approximate surface area is 87.1 Å². The maximum atomic E-state index is 11.1. The van der Waals surface area contributed by atoms with Crippen LogP contribution in [0.1, 0.15) is 19.8 Å². The van der Waals surface area contributed by atoms with Crippen LogP contribution in [0.4, 0.5) is 4.79 Å². The molecular weight excluding hydrogens is 202 g/mol. The number of likely N-dealkylation sites (tertiary alicyclic amines) is 1. The van der Waals surface area contributed by atoms with Crippen molar-refractivity contribution in [3.05, 3.63) is 0 Å². The van der Waals surface area contributed by atoms with Crippen LogP contribution in [0, 0.1) is 5.41 Å². The lowest BCUT2D eigenvalue weighted by Gasteiger charge is -2.41. The molecule has 1 aliphatic heterocycles. The standard InChI is InChI=1S/C9H15NO5/c1-2-9(7(12)13)3-4-10(8(14)15)5-6(9)11/h6,11H,2-5H2,1H3,(H,12,13)(H,14,15). The molecule has 3 N–H and O–H groups in total. The third-order valence-electron chi connectivity index (χ3n) is 3.19. The summed E-state index contributed by atoms with van der Waals surface area (Å²) in [6.07, 6.45) is -1.79. The van der Waals surface area contributed by atoms with Crippen LogP contribution in [-0.2, 0) is 4.79 Å². The van der Waals surface area contributed by atoms with Crippen LogP contribution in [0.2, 0.25) is 0 Å². The normalized spacial score (nSPS) is 31.3. The van der Waals surface area contributed by atoms with Gasteiger partial charge in [-0.3, -0.25) is 4.79 Å². The minimum atomic E-state index is -1.19. The van der Waals surface area contributed by atoms with E-state index in [4.69, 9.17) is 10.2 Å². The van der Waals surface area contributed by atoms with E-state index in [9.17, 15) is 14.7 Å². The summed E-state index contributed by atoms with van der Waals surface area (Å²) in [6.45, 7) is 1.72. The summed E-state index contributed by atoms with van der Waals surface area (Å²) in [7, 11) is 0. The minimum absolute atomic E-state index is 0.129. The fraction of sp³-hybridized carbons (Fsp3) is 0.778. The molecular formula is C9H15NO5. The molecule has 0 bridgehead atoms. The summed E-state index contributed by atoms with van der Waals surface area (Å²) >= 11 is 0. The second-order valence-corrected chi connectivity index (χ2v) is 3.81. The van der Waals surface area contributed by atoms with Crippen LogP contribution < -0.4 is 0 Å². The number of nitrogens with zero attached hydrogens (tertiary/aromatic N) is 1. The molecule has 2 unspecified atom stereocenters. The van der Waals surface area contributed by atoms with E-state index in [-0.39, 0.29) is 19.5 Å². The summed E-state index contributed by atoms with van der Waals surface area (Å²) in [6, 6.07) is 0. The molecule has 1 aliphatic rings. The predicted octanol–water partition coefficient (Wildman–Crippen LogP) is 0.212. The molecule has 6 heteroatoms. The Morgan fingerprint density at radius 1 is 1.47 bits per heavy atom. The topological polar surface area (TPSA) is 98.1 Å². The third kappa shape index (κ3) is 1.90. The van der Waals surface area contributed by atoms with Crippen LogP contribution in [0.15, 0.2) is 0 Å². The van der Waals surface area contributed by atoms with Gasteiger partial charge in [0.25, 0.3) is 0 Å². The Bertz CT molecular complexity index is 280. The lowest BCUT2D eigenvalue weighted by atomic mass is 9.74. The maximum absolute atomic E-state index is 11.1. The molecule has 1 rings (SSSR count). The van der Waals surface area contributed by atoms with Gasteiger partial charge in [-0.15, -0.1) is 0 Å². The molecule has 0 radical (unpaired) electrons. The quantitative estimate of drug-likeness (QED) is 0.614. The number of β-amino-alcohol motifs (C(OH)–C–C–N with tert-alkyl or cyclic N) is 1. The van der Waals surface area contributed by atoms with Gasteiger partial charge >= 0.3 is 12.1 Å². The lowest BCUT2D eigenvalue weighted by molar-refractivity contribution is -0.162. The van der Waals surface area contributed by atoms with E-state index in [2.05, 4.69) is 0 Å². The number of rotatable bonds is 2. The first-order valence-electron chi connectivity index (χ1n) is 4.83. The molecule has 1 heterocycles. The first-order valence-corrected chi connectivity index (χ1v) is 4.83. The number of amides is 1. The average molecular weight is 217 g/mol. The number of hydrogen-bond acceptors (Lipinski definition) is 3. The lowest BCUT2D eigenvalue weighted by Crippen LogP contribution is -2.55. The Kier molecular flexibility index (Phi) is 3.18. The number of aliphatic hydroxyl groups excluding tert-OH is 1. The Morgan fingerprint density at radius 2 is 2.07 bits per heavy atom. The number of carbonyl (C=O) groups is 2. The van der Waals surface area contributed by atoms with Crippen molar-refractivity contribution < 1.29 is 24.9 Å². The third-order valence-corrected chi connectivity index (χ3v) is 3.19. The van der Waals surface area contributed by atoms with Crippen molar-refractivity contribution in [1.82, 2.24) is 4.90 Å². The van der Waals surface area contributed by atoms with Crippen LogP contribution in [0.25, 0.3) is 0 Å². The Hall–Kier alpha value is -1.30. The molecule has 0 aliphatic carbocycles. The van der Waals surface area contributed by atoms with E-state index < -0.39 is 23.6 Å². The largest absolute Gasteiger partial charge is 0.481 e. The van der Waals surface area contributed by atoms with Crippen LogP contribution in [0.3, 0.4) is 0 Å². The number of aliphatic hydroxyl groups is 1. The van der Waals surface area contributed by atoms with E-state index >= 15 is 0 Å². The van der Waals surface area contributed by atoms with Crippen molar-refractivity contribution in [2.24, 2.45) is 5.41 Å². The molecule has 1 fully saturated rings. The van der Waals surface area contributed by atoms with Crippen molar-refractivity contribution in [3.8, 4) is 0 Å². The minimum Gasteiger partial charge on any atom is -0.481 e. The molecule has 1 amide bonds. The van der Waals surface area contributed by atoms with Crippen LogP contribution in [-0.4, -0.2) is 51.5 Å². The molecule has 15 heavy (non-hydrogen) atoms. The number of piperidine rings is 1. The van der Waals surface area contributed by atoms with Gasteiger partial charge in [0, 0.05) is 6.54 Å². The second kappa shape index (κ2) is 4.06. The molecule has 6 nitrogen and oxygen atoms in total. The van der Waals surface area contributed by atoms with Gasteiger partial charge in [-0.05, 0) is 12.8 Å². The zero-order valence-corrected chi connectivity index (χ0v) is 8.51. The molecule has 2 atom stereocenters. The van der Waals surface area contributed by atoms with Gasteiger partial charge in [0.1, 0.15) is 0 Å². The van der Waals surface area contributed by atoms with E-state index in [1.54, 1.807) is 6.92 Å². The molecule has 0 aromatic rings. The number of hydrogen-bond donors (Lipinski definition) is 3. The molecule has 86 valence electrons. The zero-order valence-electron chi connectivity index (χ0n) is 8.51. The summed E-state index contributed by atoms with van der Waals surface area (Å²) < 4.78 is 0. The SMILES string of the molecule is CCC1(C(=O)O)CCN(C(=O)O)CC1O. The predicted molar refractivity (Wildman–Crippen MR) is 50.6 cm³/mol. The zero-order chi connectivity index (χ0) is 11.6. The van der Waals surface area contributed by atoms with Crippen molar-refractivity contribution >= 4 is 12.1 Å². The number of aliphatic carboxylic acids is 1. The average Bonchev–Trinajstić information content (AvgIpc) is 2.17. The van der Waals surface area contributed by atoms with Crippen molar-refractivity contribution in [3.63, 3.8) is 0 Å². The summed E-state index contributed by atoms with van der Waals surface area (Å²) in [5.41, 5.74) is -1.19. The molecule has 0 saturated carbocycles. The molecule has 0 aromatic carbocycles. The number of carboxylic acid groups (broad SMARTS) is 2. The smallest absolute Gasteiger partial charge is 0.407 e. The molecule has 1 saturated heterocycles. The van der Waals surface area contributed by atoms with Crippen LogP contribution >= 0.6 is 0 Å². The van der Waals surface area contributed by atoms with E-state index in [0.29, 0.717) is 6.42 Å². The summed E-state index contributed by atoms with van der Waals surface area (Å²) in [4.78, 5) is 22.7. The van der Waals surface area contributed by atoms with E-state index in [1.165, 1.54) is 0 Å². The van der Waals surface area contributed by atoms with Crippen molar-refractivity contribution in [2.45, 2.75) is 25.9 Å². The molecule has 0 spiro atoms. The Morgan fingerprint density at radius 3 is 2.40 bits per heavy atom. The number of carboxylic acids is 1. The molecule has 0 aromatic heterocycles. The van der Waals surface area contributed by atoms with Gasteiger partial charge in [0.2, 0.25) is 0 Å². The summed E-state index contributed by atoms with van der Waals surface area (Å²) in [5, 5.41) is 27.5. The van der Waals surface area contributed by atoms with Gasteiger partial charge in [-0.25, -0.2) is 4.79 Å². The van der Waals surface area contributed by atoms with Gasteiger partial charge in [-0.1, -0.05) is 6.92 Å². The van der Waals surface area contributed by atoms with Crippen molar-refractivity contribution in [2.75, 3.05) is 13.1 Å². The summed E-state index contributed by atoms with van der Waals surface area (Å²) in [5.74, 6) is -1.05. The van der Waals surface area contributed by atoms with Gasteiger partial charge in [0.05, 0.1) is 18.1 Å². The highest BCUT2D eigenvalue weighted by Crippen LogP contribution is 2.35. The highest BCUT2D eigenvalue weighted by Gasteiger charge is 2.48.